The molecule has 2 aromatic rings. The van der Waals surface area contributed by atoms with Gasteiger partial charge in [-0.05, 0) is 30.9 Å². The van der Waals surface area contributed by atoms with E-state index in [0.29, 0.717) is 25.3 Å². The van der Waals surface area contributed by atoms with E-state index in [1.807, 2.05) is 31.2 Å². The highest BCUT2D eigenvalue weighted by Crippen LogP contribution is 2.30. The molecule has 3 rings (SSSR count). The molecular weight excluding hydrogens is 510 g/mol. The van der Waals surface area contributed by atoms with E-state index in [2.05, 4.69) is 26.3 Å². The number of aromatic amines is 1. The molecule has 12 heteroatoms. The fourth-order valence-electron chi connectivity index (χ4n) is 3.93. The smallest absolute Gasteiger partial charge is 0.305 e. The summed E-state index contributed by atoms with van der Waals surface area (Å²) in [6.07, 6.45) is 2.18. The van der Waals surface area contributed by atoms with E-state index in [9.17, 15) is 24.0 Å². The Labute approximate surface area is 225 Å². The molecule has 1 unspecified atom stereocenters. The number of benzene rings is 1. The largest absolute Gasteiger partial charge is 0.466 e. The minimum Gasteiger partial charge on any atom is -0.466 e. The van der Waals surface area contributed by atoms with Gasteiger partial charge in [0, 0.05) is 36.0 Å². The van der Waals surface area contributed by atoms with Crippen LogP contribution in [0.5, 0.6) is 0 Å². The number of nitrogens with one attached hydrogen (secondary N) is 5. The lowest BCUT2D eigenvalue weighted by Gasteiger charge is -2.18. The number of amides is 4. The third-order valence-electron chi connectivity index (χ3n) is 5.97. The predicted octanol–water partition coefficient (Wildman–Crippen LogP) is 1.16. The Hall–Kier alpha value is -3.54. The van der Waals surface area contributed by atoms with Crippen LogP contribution in [0, 0.1) is 0 Å². The van der Waals surface area contributed by atoms with Gasteiger partial charge in [0.05, 0.1) is 24.7 Å². The highest BCUT2D eigenvalue weighted by molar-refractivity contribution is 7.99. The van der Waals surface area contributed by atoms with Gasteiger partial charge in [-0.25, -0.2) is 0 Å². The van der Waals surface area contributed by atoms with Gasteiger partial charge >= 0.3 is 5.97 Å². The molecule has 2 heterocycles. The molecule has 38 heavy (non-hydrogen) atoms. The lowest BCUT2D eigenvalue weighted by Crippen LogP contribution is -2.51. The van der Waals surface area contributed by atoms with Crippen LogP contribution in [-0.4, -0.2) is 72.6 Å². The van der Waals surface area contributed by atoms with Crippen molar-refractivity contribution in [3.8, 4) is 0 Å². The van der Waals surface area contributed by atoms with E-state index in [0.717, 1.165) is 34.3 Å². The molecule has 0 saturated carbocycles. The van der Waals surface area contributed by atoms with Gasteiger partial charge in [-0.1, -0.05) is 31.5 Å². The molecule has 0 radical (unpaired) electrons. The standard InChI is InChI=1S/C26H35N5O6S/c1-2-3-13-37-24(35)11-9-20-25(36)29-15-22(33)27-12-14-38-26-18(17-6-4-5-7-19(17)31-26)8-10-21(32)28-16-23(34)30-20/h4-7,20,31H,2-3,8-16H2,1H3,(H,27,33)(H,28,32)(H,29,36)(H,30,34). The van der Waals surface area contributed by atoms with Crippen molar-refractivity contribution in [3.05, 3.63) is 29.8 Å². The van der Waals surface area contributed by atoms with Crippen LogP contribution in [0.25, 0.3) is 10.9 Å². The number of ether oxygens (including phenoxy) is 1. The molecular formula is C26H35N5O6S. The number of aryl methyl sites for hydroxylation is 1. The number of para-hydroxylation sites is 1. The Morgan fingerprint density at radius 3 is 2.61 bits per heavy atom. The zero-order chi connectivity index (χ0) is 27.3. The quantitative estimate of drug-likeness (QED) is 0.269. The van der Waals surface area contributed by atoms with Crippen LogP contribution in [-0.2, 0) is 35.1 Å². The summed E-state index contributed by atoms with van der Waals surface area (Å²) in [6, 6.07) is 6.77. The van der Waals surface area contributed by atoms with Crippen molar-refractivity contribution in [2.45, 2.75) is 56.5 Å². The molecule has 5 N–H and O–H groups in total. The summed E-state index contributed by atoms with van der Waals surface area (Å²) in [5.74, 6) is -1.72. The summed E-state index contributed by atoms with van der Waals surface area (Å²) in [7, 11) is 0. The number of unbranched alkanes of at least 4 members (excludes halogenated alkanes) is 1. The van der Waals surface area contributed by atoms with Gasteiger partial charge in [-0.3, -0.25) is 24.0 Å². The van der Waals surface area contributed by atoms with Crippen molar-refractivity contribution < 1.29 is 28.7 Å². The number of H-pyrrole nitrogens is 1. The maximum Gasteiger partial charge on any atom is 0.305 e. The summed E-state index contributed by atoms with van der Waals surface area (Å²) < 4.78 is 5.12. The Balaban J connectivity index is 1.66. The minimum absolute atomic E-state index is 0.00191. The van der Waals surface area contributed by atoms with E-state index in [4.69, 9.17) is 4.74 Å². The van der Waals surface area contributed by atoms with Crippen LogP contribution in [0.4, 0.5) is 0 Å². The van der Waals surface area contributed by atoms with Gasteiger partial charge in [0.2, 0.25) is 23.6 Å². The fourth-order valence-corrected chi connectivity index (χ4v) is 4.90. The zero-order valence-electron chi connectivity index (χ0n) is 21.5. The second-order valence-electron chi connectivity index (χ2n) is 8.90. The van der Waals surface area contributed by atoms with Gasteiger partial charge in [-0.2, -0.15) is 0 Å². The first-order valence-electron chi connectivity index (χ1n) is 12.9. The summed E-state index contributed by atoms with van der Waals surface area (Å²) >= 11 is 1.54. The monoisotopic (exact) mass is 545 g/mol. The van der Waals surface area contributed by atoms with E-state index in [1.54, 1.807) is 0 Å². The highest BCUT2D eigenvalue weighted by Gasteiger charge is 2.23. The van der Waals surface area contributed by atoms with Crippen molar-refractivity contribution in [1.82, 2.24) is 26.3 Å². The van der Waals surface area contributed by atoms with Crippen LogP contribution >= 0.6 is 11.8 Å². The fraction of sp³-hybridized carbons (Fsp3) is 0.500. The molecule has 206 valence electrons. The average Bonchev–Trinajstić information content (AvgIpc) is 3.26. The third-order valence-corrected chi connectivity index (χ3v) is 7.01. The van der Waals surface area contributed by atoms with Crippen molar-refractivity contribution in [1.29, 1.82) is 0 Å². The van der Waals surface area contributed by atoms with Crippen LogP contribution in [0.15, 0.2) is 29.3 Å². The topological polar surface area (TPSA) is 158 Å². The molecule has 1 aromatic carbocycles. The van der Waals surface area contributed by atoms with E-state index in [-0.39, 0.29) is 44.2 Å². The van der Waals surface area contributed by atoms with Crippen LogP contribution in [0.3, 0.4) is 0 Å². The molecule has 0 aliphatic carbocycles. The molecule has 0 bridgehead atoms. The van der Waals surface area contributed by atoms with Gasteiger partial charge in [0.15, 0.2) is 0 Å². The summed E-state index contributed by atoms with van der Waals surface area (Å²) in [5, 5.41) is 12.4. The summed E-state index contributed by atoms with van der Waals surface area (Å²) in [5.41, 5.74) is 1.97. The number of esters is 1. The molecule has 1 atom stereocenters. The first kappa shape index (κ1) is 29.0. The molecule has 0 saturated heterocycles. The normalized spacial score (nSPS) is 18.3. The van der Waals surface area contributed by atoms with Crippen LogP contribution in [0.1, 0.15) is 44.6 Å². The predicted molar refractivity (Wildman–Crippen MR) is 143 cm³/mol. The van der Waals surface area contributed by atoms with Crippen molar-refractivity contribution in [2.24, 2.45) is 0 Å². The van der Waals surface area contributed by atoms with Gasteiger partial charge in [0.25, 0.3) is 0 Å². The van der Waals surface area contributed by atoms with Crippen molar-refractivity contribution in [2.75, 3.05) is 32.0 Å². The van der Waals surface area contributed by atoms with Crippen molar-refractivity contribution >= 4 is 52.3 Å². The maximum atomic E-state index is 12.7. The maximum absolute atomic E-state index is 12.7. The number of fused-ring (bicyclic) bond motifs is 3. The average molecular weight is 546 g/mol. The molecule has 0 spiro atoms. The first-order valence-corrected chi connectivity index (χ1v) is 13.8. The van der Waals surface area contributed by atoms with E-state index >= 15 is 0 Å². The highest BCUT2D eigenvalue weighted by atomic mass is 32.2. The minimum atomic E-state index is -1.06. The lowest BCUT2D eigenvalue weighted by molar-refractivity contribution is -0.144. The number of aromatic nitrogens is 1. The second-order valence-corrected chi connectivity index (χ2v) is 10.0. The third kappa shape index (κ3) is 9.09. The Kier molecular flexibility index (Phi) is 11.5. The zero-order valence-corrected chi connectivity index (χ0v) is 22.3. The molecule has 1 aromatic heterocycles. The van der Waals surface area contributed by atoms with Crippen LogP contribution in [0.2, 0.25) is 0 Å². The van der Waals surface area contributed by atoms with Crippen LogP contribution < -0.4 is 21.3 Å². The number of hydrogen-bond donors (Lipinski definition) is 5. The number of carbonyl (C=O) groups is 5. The van der Waals surface area contributed by atoms with E-state index < -0.39 is 23.8 Å². The number of thioether (sulfide) groups is 1. The van der Waals surface area contributed by atoms with Gasteiger partial charge in [0.1, 0.15) is 6.04 Å². The molecule has 4 amide bonds. The van der Waals surface area contributed by atoms with Gasteiger partial charge in [-0.15, -0.1) is 11.8 Å². The summed E-state index contributed by atoms with van der Waals surface area (Å²) in [4.78, 5) is 65.4. The Morgan fingerprint density at radius 2 is 1.79 bits per heavy atom. The molecule has 1 aliphatic heterocycles. The Bertz CT molecular complexity index is 1150. The second kappa shape index (κ2) is 15.0. The molecule has 0 fully saturated rings. The molecule has 11 nitrogen and oxygen atoms in total. The lowest BCUT2D eigenvalue weighted by atomic mass is 10.1. The number of hydrogen-bond acceptors (Lipinski definition) is 7. The summed E-state index contributed by atoms with van der Waals surface area (Å²) in [6.45, 7) is 2.05. The van der Waals surface area contributed by atoms with Gasteiger partial charge < -0.3 is 31.0 Å². The molecule has 1 aliphatic rings. The number of rotatable bonds is 6. The SMILES string of the molecule is CCCCOC(=O)CCC1NC(=O)CNC(=O)CCc2c([nH]c3ccccc23)SCCNC(=O)CNC1=O. The first-order chi connectivity index (χ1) is 18.4. The number of carbonyl (C=O) groups excluding carboxylic acids is 5. The van der Waals surface area contributed by atoms with E-state index in [1.165, 1.54) is 11.8 Å². The van der Waals surface area contributed by atoms with Crippen molar-refractivity contribution in [3.63, 3.8) is 0 Å². The Morgan fingerprint density at radius 1 is 1.00 bits per heavy atom.